The maximum Gasteiger partial charge on any atom is 0.118 e. The first kappa shape index (κ1) is 14.4. The molecule has 1 heterocycles. The molecule has 0 aliphatic heterocycles. The van der Waals surface area contributed by atoms with Gasteiger partial charge in [-0.25, -0.2) is 0 Å². The Morgan fingerprint density at radius 3 is 2.42 bits per heavy atom. The van der Waals surface area contributed by atoms with Gasteiger partial charge in [-0.15, -0.1) is 22.9 Å². The van der Waals surface area contributed by atoms with Gasteiger partial charge >= 0.3 is 0 Å². The van der Waals surface area contributed by atoms with Gasteiger partial charge in [0.1, 0.15) is 5.75 Å². The van der Waals surface area contributed by atoms with E-state index in [1.54, 1.807) is 7.11 Å². The smallest absolute Gasteiger partial charge is 0.118 e. The number of benzene rings is 1. The molecule has 2 rings (SSSR count). The average molecular weight is 295 g/mol. The zero-order chi connectivity index (χ0) is 13.8. The Bertz CT molecular complexity index is 530. The van der Waals surface area contributed by atoms with Crippen LogP contribution in [0.15, 0.2) is 30.3 Å². The monoisotopic (exact) mass is 294 g/mol. The number of ether oxygens (including phenoxy) is 1. The van der Waals surface area contributed by atoms with Crippen LogP contribution in [0.2, 0.25) is 0 Å². The van der Waals surface area contributed by atoms with E-state index in [4.69, 9.17) is 16.3 Å². The predicted octanol–water partition coefficient (Wildman–Crippen LogP) is 5.29. The van der Waals surface area contributed by atoms with E-state index in [0.717, 1.165) is 18.6 Å². The zero-order valence-corrected chi connectivity index (χ0v) is 13.1. The number of halogens is 1. The molecule has 1 unspecified atom stereocenters. The maximum atomic E-state index is 6.52. The number of alkyl halides is 1. The lowest BCUT2D eigenvalue weighted by atomic mass is 10.0. The molecule has 19 heavy (non-hydrogen) atoms. The Balaban J connectivity index is 1.96. The van der Waals surface area contributed by atoms with Crippen LogP contribution < -0.4 is 4.74 Å². The summed E-state index contributed by atoms with van der Waals surface area (Å²) in [6, 6.07) is 10.4. The second kappa shape index (κ2) is 6.44. The first-order chi connectivity index (χ1) is 9.10. The predicted molar refractivity (Wildman–Crippen MR) is 83.7 cm³/mol. The van der Waals surface area contributed by atoms with Gasteiger partial charge in [0.15, 0.2) is 0 Å². The second-order valence-electron chi connectivity index (χ2n) is 4.72. The van der Waals surface area contributed by atoms with E-state index in [1.165, 1.54) is 20.9 Å². The van der Waals surface area contributed by atoms with Crippen LogP contribution in [0.4, 0.5) is 0 Å². The highest BCUT2D eigenvalue weighted by Gasteiger charge is 2.13. The summed E-state index contributed by atoms with van der Waals surface area (Å²) in [5, 5.41) is 0.104. The summed E-state index contributed by atoms with van der Waals surface area (Å²) >= 11 is 8.34. The minimum atomic E-state index is 0.104. The first-order valence-corrected chi connectivity index (χ1v) is 7.69. The van der Waals surface area contributed by atoms with E-state index >= 15 is 0 Å². The van der Waals surface area contributed by atoms with Crippen molar-refractivity contribution in [2.24, 2.45) is 0 Å². The van der Waals surface area contributed by atoms with E-state index in [-0.39, 0.29) is 5.38 Å². The van der Waals surface area contributed by atoms with Gasteiger partial charge in [-0.1, -0.05) is 12.1 Å². The van der Waals surface area contributed by atoms with Crippen molar-refractivity contribution in [3.05, 3.63) is 51.2 Å². The van der Waals surface area contributed by atoms with Crippen molar-refractivity contribution in [2.45, 2.75) is 32.1 Å². The molecule has 0 spiro atoms. The molecule has 0 aliphatic rings. The van der Waals surface area contributed by atoms with E-state index in [1.807, 2.05) is 23.5 Å². The van der Waals surface area contributed by atoms with Gasteiger partial charge < -0.3 is 4.74 Å². The number of hydrogen-bond donors (Lipinski definition) is 0. The lowest BCUT2D eigenvalue weighted by Gasteiger charge is -2.09. The minimum Gasteiger partial charge on any atom is -0.497 e. The van der Waals surface area contributed by atoms with Crippen molar-refractivity contribution in [3.63, 3.8) is 0 Å². The van der Waals surface area contributed by atoms with Crippen molar-refractivity contribution in [1.82, 2.24) is 0 Å². The van der Waals surface area contributed by atoms with Crippen LogP contribution in [0.25, 0.3) is 0 Å². The van der Waals surface area contributed by atoms with Crippen LogP contribution in [0, 0.1) is 13.8 Å². The second-order valence-corrected chi connectivity index (χ2v) is 6.71. The number of hydrogen-bond acceptors (Lipinski definition) is 2. The summed E-state index contributed by atoms with van der Waals surface area (Å²) in [6.07, 6.45) is 1.96. The molecule has 0 saturated carbocycles. The summed E-state index contributed by atoms with van der Waals surface area (Å²) in [5.74, 6) is 0.899. The summed E-state index contributed by atoms with van der Waals surface area (Å²) < 4.78 is 5.16. The van der Waals surface area contributed by atoms with Crippen molar-refractivity contribution in [2.75, 3.05) is 7.11 Å². The van der Waals surface area contributed by atoms with Crippen LogP contribution in [0.3, 0.4) is 0 Å². The Hall–Kier alpha value is -0.990. The number of thiophene rings is 1. The van der Waals surface area contributed by atoms with Gasteiger partial charge in [-0.05, 0) is 56.0 Å². The fourth-order valence-corrected chi connectivity index (χ4v) is 3.59. The lowest BCUT2D eigenvalue weighted by Crippen LogP contribution is -1.94. The average Bonchev–Trinajstić information content (AvgIpc) is 2.75. The standard InChI is InChI=1S/C16H19ClOS/c1-11-10-15(12(2)19-11)16(17)9-6-13-4-7-14(18-3)8-5-13/h4-5,7-8,10,16H,6,9H2,1-3H3. The number of methoxy groups -OCH3 is 1. The normalized spacial score (nSPS) is 12.4. The summed E-state index contributed by atoms with van der Waals surface area (Å²) in [5.41, 5.74) is 2.59. The number of rotatable bonds is 5. The van der Waals surface area contributed by atoms with Crippen molar-refractivity contribution >= 4 is 22.9 Å². The summed E-state index contributed by atoms with van der Waals surface area (Å²) in [7, 11) is 1.69. The third-order valence-corrected chi connectivity index (χ3v) is 4.70. The van der Waals surface area contributed by atoms with E-state index < -0.39 is 0 Å². The molecule has 1 aromatic carbocycles. The SMILES string of the molecule is COc1ccc(CCC(Cl)c2cc(C)sc2C)cc1. The van der Waals surface area contributed by atoms with Gasteiger partial charge in [0.05, 0.1) is 12.5 Å². The highest BCUT2D eigenvalue weighted by atomic mass is 35.5. The molecule has 0 aliphatic carbocycles. The molecule has 0 saturated heterocycles. The van der Waals surface area contributed by atoms with Crippen LogP contribution in [-0.4, -0.2) is 7.11 Å². The van der Waals surface area contributed by atoms with E-state index in [9.17, 15) is 0 Å². The van der Waals surface area contributed by atoms with E-state index in [0.29, 0.717) is 0 Å². The van der Waals surface area contributed by atoms with Gasteiger partial charge in [-0.3, -0.25) is 0 Å². The molecule has 0 bridgehead atoms. The molecule has 1 aromatic heterocycles. The highest BCUT2D eigenvalue weighted by Crippen LogP contribution is 2.33. The Morgan fingerprint density at radius 2 is 1.89 bits per heavy atom. The van der Waals surface area contributed by atoms with Crippen LogP contribution in [-0.2, 0) is 6.42 Å². The Kier molecular flexibility index (Phi) is 4.89. The molecule has 1 atom stereocenters. The van der Waals surface area contributed by atoms with E-state index in [2.05, 4.69) is 32.0 Å². The molecule has 3 heteroatoms. The van der Waals surface area contributed by atoms with Gasteiger partial charge in [0.2, 0.25) is 0 Å². The van der Waals surface area contributed by atoms with Crippen LogP contribution in [0.1, 0.15) is 32.7 Å². The largest absolute Gasteiger partial charge is 0.497 e. The first-order valence-electron chi connectivity index (χ1n) is 6.44. The molecule has 0 fully saturated rings. The zero-order valence-electron chi connectivity index (χ0n) is 11.6. The summed E-state index contributed by atoms with van der Waals surface area (Å²) in [4.78, 5) is 2.68. The Labute approximate surface area is 124 Å². The minimum absolute atomic E-state index is 0.104. The van der Waals surface area contributed by atoms with Crippen LogP contribution >= 0.6 is 22.9 Å². The molecule has 102 valence electrons. The van der Waals surface area contributed by atoms with Crippen molar-refractivity contribution < 1.29 is 4.74 Å². The molecule has 0 N–H and O–H groups in total. The molecule has 1 nitrogen and oxygen atoms in total. The van der Waals surface area contributed by atoms with Gasteiger partial charge in [0, 0.05) is 9.75 Å². The quantitative estimate of drug-likeness (QED) is 0.681. The lowest BCUT2D eigenvalue weighted by molar-refractivity contribution is 0.414. The maximum absolute atomic E-state index is 6.52. The van der Waals surface area contributed by atoms with Crippen molar-refractivity contribution in [1.29, 1.82) is 0 Å². The Morgan fingerprint density at radius 1 is 1.21 bits per heavy atom. The van der Waals surface area contributed by atoms with Crippen molar-refractivity contribution in [3.8, 4) is 5.75 Å². The highest BCUT2D eigenvalue weighted by molar-refractivity contribution is 7.12. The third-order valence-electron chi connectivity index (χ3n) is 3.26. The molecule has 2 aromatic rings. The molecular formula is C16H19ClOS. The topological polar surface area (TPSA) is 9.23 Å². The third kappa shape index (κ3) is 3.74. The summed E-state index contributed by atoms with van der Waals surface area (Å²) in [6.45, 7) is 4.28. The molecular weight excluding hydrogens is 276 g/mol. The number of aryl methyl sites for hydroxylation is 3. The fraction of sp³-hybridized carbons (Fsp3) is 0.375. The molecule has 0 amide bonds. The van der Waals surface area contributed by atoms with Gasteiger partial charge in [0.25, 0.3) is 0 Å². The molecule has 0 radical (unpaired) electrons. The van der Waals surface area contributed by atoms with Crippen LogP contribution in [0.5, 0.6) is 5.75 Å². The van der Waals surface area contributed by atoms with Gasteiger partial charge in [-0.2, -0.15) is 0 Å². The fourth-order valence-electron chi connectivity index (χ4n) is 2.20.